The van der Waals surface area contributed by atoms with Crippen LogP contribution in [0.25, 0.3) is 0 Å². The summed E-state index contributed by atoms with van der Waals surface area (Å²) in [6.45, 7) is 1.02. The Morgan fingerprint density at radius 2 is 1.50 bits per heavy atom. The molecule has 2 aromatic rings. The van der Waals surface area contributed by atoms with Crippen LogP contribution in [0.5, 0.6) is 0 Å². The van der Waals surface area contributed by atoms with Gasteiger partial charge in [-0.25, -0.2) is 0 Å². The molecule has 0 spiro atoms. The van der Waals surface area contributed by atoms with E-state index in [4.69, 9.17) is 0 Å². The van der Waals surface area contributed by atoms with Crippen molar-refractivity contribution >= 4 is 0 Å². The molecule has 0 saturated carbocycles. The van der Waals surface area contributed by atoms with Gasteiger partial charge in [-0.05, 0) is 50.4 Å². The lowest BCUT2D eigenvalue weighted by atomic mass is 9.93. The first-order valence-corrected chi connectivity index (χ1v) is 9.72. The third kappa shape index (κ3) is 5.17. The van der Waals surface area contributed by atoms with Crippen LogP contribution >= 0.6 is 0 Å². The number of likely N-dealkylation sites (N-methyl/N-ethyl adjacent to an activating group) is 1. The number of nitrogens with one attached hydrogen (secondary N) is 2. The second-order valence-electron chi connectivity index (χ2n) is 6.90. The van der Waals surface area contributed by atoms with Crippen molar-refractivity contribution in [2.75, 3.05) is 13.6 Å². The fraction of sp³-hybridized carbons (Fsp3) is 0.333. The molecule has 1 aliphatic rings. The Morgan fingerprint density at radius 1 is 0.846 bits per heavy atom. The van der Waals surface area contributed by atoms with Gasteiger partial charge in [0.2, 0.25) is 0 Å². The monoisotopic (exact) mass is 346 g/mol. The zero-order valence-electron chi connectivity index (χ0n) is 15.7. The summed E-state index contributed by atoms with van der Waals surface area (Å²) in [7, 11) is 2.05. The molecule has 0 amide bonds. The van der Waals surface area contributed by atoms with Gasteiger partial charge < -0.3 is 10.6 Å². The molecule has 2 aromatic carbocycles. The fourth-order valence-electron chi connectivity index (χ4n) is 3.70. The van der Waals surface area contributed by atoms with E-state index in [9.17, 15) is 0 Å². The lowest BCUT2D eigenvalue weighted by Crippen LogP contribution is -2.34. The van der Waals surface area contributed by atoms with Crippen LogP contribution in [0, 0.1) is 0 Å². The second kappa shape index (κ2) is 10.1. The lowest BCUT2D eigenvalue weighted by Gasteiger charge is -2.29. The van der Waals surface area contributed by atoms with E-state index in [1.807, 2.05) is 0 Å². The Hall–Kier alpha value is -2.16. The van der Waals surface area contributed by atoms with E-state index in [2.05, 4.69) is 96.6 Å². The molecule has 0 radical (unpaired) electrons. The molecule has 0 saturated heterocycles. The minimum absolute atomic E-state index is 0.246. The Labute approximate surface area is 158 Å². The van der Waals surface area contributed by atoms with Crippen LogP contribution in [0.3, 0.4) is 0 Å². The lowest BCUT2D eigenvalue weighted by molar-refractivity contribution is 0.403. The summed E-state index contributed by atoms with van der Waals surface area (Å²) in [6.07, 6.45) is 11.5. The van der Waals surface area contributed by atoms with Crippen molar-refractivity contribution < 1.29 is 0 Å². The summed E-state index contributed by atoms with van der Waals surface area (Å²) in [4.78, 5) is 0. The van der Waals surface area contributed by atoms with Crippen LogP contribution in [0.15, 0.2) is 84.5 Å². The zero-order chi connectivity index (χ0) is 18.0. The highest BCUT2D eigenvalue weighted by Crippen LogP contribution is 2.28. The van der Waals surface area contributed by atoms with E-state index in [0.717, 1.165) is 19.4 Å². The Balaban J connectivity index is 1.66. The highest BCUT2D eigenvalue weighted by Gasteiger charge is 2.22. The van der Waals surface area contributed by atoms with Crippen molar-refractivity contribution in [1.82, 2.24) is 10.6 Å². The van der Waals surface area contributed by atoms with Gasteiger partial charge >= 0.3 is 0 Å². The summed E-state index contributed by atoms with van der Waals surface area (Å²) in [5, 5.41) is 7.34. The molecule has 0 fully saturated rings. The van der Waals surface area contributed by atoms with E-state index in [-0.39, 0.29) is 12.1 Å². The molecule has 2 N–H and O–H groups in total. The molecule has 0 bridgehead atoms. The maximum absolute atomic E-state index is 3.82. The van der Waals surface area contributed by atoms with Crippen molar-refractivity contribution in [3.05, 3.63) is 95.6 Å². The number of rotatable bonds is 9. The summed E-state index contributed by atoms with van der Waals surface area (Å²) in [5.74, 6) is 0. The number of hydrogen-bond acceptors (Lipinski definition) is 2. The predicted molar refractivity (Wildman–Crippen MR) is 111 cm³/mol. The first-order valence-electron chi connectivity index (χ1n) is 9.72. The van der Waals surface area contributed by atoms with E-state index in [1.165, 1.54) is 24.0 Å². The first-order chi connectivity index (χ1) is 12.9. The summed E-state index contributed by atoms with van der Waals surface area (Å²) < 4.78 is 0. The summed E-state index contributed by atoms with van der Waals surface area (Å²) in [5.41, 5.74) is 4.23. The topological polar surface area (TPSA) is 24.1 Å². The van der Waals surface area contributed by atoms with Crippen molar-refractivity contribution in [2.45, 2.75) is 37.8 Å². The van der Waals surface area contributed by atoms with Gasteiger partial charge in [0.1, 0.15) is 0 Å². The van der Waals surface area contributed by atoms with Crippen LogP contribution in [-0.4, -0.2) is 13.6 Å². The van der Waals surface area contributed by atoms with Crippen LogP contribution in [0.2, 0.25) is 0 Å². The molecule has 0 aliphatic heterocycles. The summed E-state index contributed by atoms with van der Waals surface area (Å²) in [6, 6.07) is 22.0. The van der Waals surface area contributed by atoms with Gasteiger partial charge in [-0.3, -0.25) is 0 Å². The third-order valence-electron chi connectivity index (χ3n) is 5.09. The minimum Gasteiger partial charge on any atom is -0.311 e. The normalized spacial score (nSPS) is 16.1. The molecular formula is C24H30N2. The highest BCUT2D eigenvalue weighted by atomic mass is 15.0. The molecular weight excluding hydrogens is 316 g/mol. The van der Waals surface area contributed by atoms with Crippen molar-refractivity contribution in [1.29, 1.82) is 0 Å². The SMILES string of the molecule is CNC(c1ccccc1)[C@H](NCCCC1=CCC=CC1)c1ccccc1. The van der Waals surface area contributed by atoms with Gasteiger partial charge in [0.15, 0.2) is 0 Å². The molecule has 2 heteroatoms. The molecule has 26 heavy (non-hydrogen) atoms. The maximum atomic E-state index is 3.82. The standard InChI is InChI=1S/C24H30N2/c1-25-23(21-15-7-3-8-16-21)24(22-17-9-4-10-18-22)26-19-11-14-20-12-5-2-6-13-20/h2-5,7-10,13,15-18,23-26H,6,11-12,14,19H2,1H3/t23?,24-/m1/s1. The van der Waals surface area contributed by atoms with Crippen LogP contribution in [0.1, 0.15) is 48.9 Å². The van der Waals surface area contributed by atoms with E-state index in [0.29, 0.717) is 0 Å². The average Bonchev–Trinajstić information content (AvgIpc) is 2.72. The number of allylic oxidation sites excluding steroid dienone is 4. The third-order valence-corrected chi connectivity index (χ3v) is 5.09. The van der Waals surface area contributed by atoms with Crippen LogP contribution < -0.4 is 10.6 Å². The molecule has 2 nitrogen and oxygen atoms in total. The molecule has 3 rings (SSSR count). The minimum atomic E-state index is 0.246. The Bertz CT molecular complexity index is 704. The van der Waals surface area contributed by atoms with Crippen molar-refractivity contribution in [3.8, 4) is 0 Å². The van der Waals surface area contributed by atoms with Crippen molar-refractivity contribution in [2.24, 2.45) is 0 Å². The highest BCUT2D eigenvalue weighted by molar-refractivity contribution is 5.27. The fourth-order valence-corrected chi connectivity index (χ4v) is 3.70. The van der Waals surface area contributed by atoms with Crippen molar-refractivity contribution in [3.63, 3.8) is 0 Å². The average molecular weight is 347 g/mol. The quantitative estimate of drug-likeness (QED) is 0.473. The second-order valence-corrected chi connectivity index (χ2v) is 6.90. The molecule has 0 heterocycles. The van der Waals surface area contributed by atoms with Gasteiger partial charge in [-0.2, -0.15) is 0 Å². The smallest absolute Gasteiger partial charge is 0.0518 e. The molecule has 1 unspecified atom stereocenters. The maximum Gasteiger partial charge on any atom is 0.0518 e. The van der Waals surface area contributed by atoms with Gasteiger partial charge in [0.05, 0.1) is 12.1 Å². The molecule has 136 valence electrons. The predicted octanol–water partition coefficient (Wildman–Crippen LogP) is 5.33. The Kier molecular flexibility index (Phi) is 7.24. The van der Waals surface area contributed by atoms with E-state index >= 15 is 0 Å². The van der Waals surface area contributed by atoms with E-state index < -0.39 is 0 Å². The summed E-state index contributed by atoms with van der Waals surface area (Å²) >= 11 is 0. The van der Waals surface area contributed by atoms with Crippen LogP contribution in [-0.2, 0) is 0 Å². The Morgan fingerprint density at radius 3 is 2.08 bits per heavy atom. The van der Waals surface area contributed by atoms with E-state index in [1.54, 1.807) is 5.57 Å². The van der Waals surface area contributed by atoms with Gasteiger partial charge in [-0.1, -0.05) is 84.5 Å². The first kappa shape index (κ1) is 18.6. The molecule has 1 aliphatic carbocycles. The van der Waals surface area contributed by atoms with Gasteiger partial charge in [0, 0.05) is 0 Å². The number of hydrogen-bond donors (Lipinski definition) is 2. The van der Waals surface area contributed by atoms with Gasteiger partial charge in [-0.15, -0.1) is 0 Å². The zero-order valence-corrected chi connectivity index (χ0v) is 15.7. The molecule has 2 atom stereocenters. The van der Waals surface area contributed by atoms with Crippen LogP contribution in [0.4, 0.5) is 0 Å². The van der Waals surface area contributed by atoms with Gasteiger partial charge in [0.25, 0.3) is 0 Å². The molecule has 0 aromatic heterocycles. The largest absolute Gasteiger partial charge is 0.311 e. The number of benzene rings is 2.